The minimum absolute atomic E-state index is 0.0697. The fraction of sp³-hybridized carbons (Fsp3) is 0.310. The zero-order chi connectivity index (χ0) is 30.2. The summed E-state index contributed by atoms with van der Waals surface area (Å²) in [5.41, 5.74) is 0.621. The summed E-state index contributed by atoms with van der Waals surface area (Å²) in [5, 5.41) is 4.15. The van der Waals surface area contributed by atoms with Crippen molar-refractivity contribution in [2.45, 2.75) is 50.6 Å². The fourth-order valence-corrected chi connectivity index (χ4v) is 6.41. The van der Waals surface area contributed by atoms with Gasteiger partial charge in [0.25, 0.3) is 10.0 Å². The number of sulfonamides is 1. The monoisotopic (exact) mass is 657 g/mol. The first-order valence-electron chi connectivity index (χ1n) is 13.0. The molecular formula is C29H31Cl4N3O4S. The Morgan fingerprint density at radius 2 is 1.51 bits per heavy atom. The summed E-state index contributed by atoms with van der Waals surface area (Å²) < 4.78 is 28.7. The second-order valence-corrected chi connectivity index (χ2v) is 12.8. The van der Waals surface area contributed by atoms with Crippen LogP contribution in [0.3, 0.4) is 0 Å². The molecule has 0 saturated heterocycles. The van der Waals surface area contributed by atoms with Crippen molar-refractivity contribution in [1.29, 1.82) is 0 Å². The van der Waals surface area contributed by atoms with E-state index < -0.39 is 28.5 Å². The minimum Gasteiger partial charge on any atom is -0.354 e. The number of hydrogen-bond acceptors (Lipinski definition) is 4. The van der Waals surface area contributed by atoms with Gasteiger partial charge in [0.2, 0.25) is 11.8 Å². The summed E-state index contributed by atoms with van der Waals surface area (Å²) in [6.45, 7) is 3.50. The van der Waals surface area contributed by atoms with Gasteiger partial charge in [0.1, 0.15) is 12.6 Å². The van der Waals surface area contributed by atoms with E-state index in [1.54, 1.807) is 37.3 Å². The van der Waals surface area contributed by atoms with Crippen LogP contribution in [0.25, 0.3) is 0 Å². The molecule has 2 amide bonds. The van der Waals surface area contributed by atoms with Crippen molar-refractivity contribution in [3.63, 3.8) is 0 Å². The Labute approximate surface area is 261 Å². The van der Waals surface area contributed by atoms with E-state index in [0.717, 1.165) is 17.1 Å². The van der Waals surface area contributed by atoms with Crippen LogP contribution in [0.2, 0.25) is 20.1 Å². The van der Waals surface area contributed by atoms with Gasteiger partial charge in [0.05, 0.1) is 10.6 Å². The van der Waals surface area contributed by atoms with Crippen LogP contribution >= 0.6 is 46.4 Å². The number of anilines is 1. The van der Waals surface area contributed by atoms with Crippen LogP contribution in [0.1, 0.15) is 38.7 Å². The van der Waals surface area contributed by atoms with Crippen molar-refractivity contribution >= 4 is 73.9 Å². The van der Waals surface area contributed by atoms with Gasteiger partial charge in [-0.25, -0.2) is 8.42 Å². The number of carbonyl (C=O) groups is 2. The molecular weight excluding hydrogens is 628 g/mol. The lowest BCUT2D eigenvalue weighted by molar-refractivity contribution is -0.140. The number of amides is 2. The van der Waals surface area contributed by atoms with E-state index in [1.807, 2.05) is 6.92 Å². The molecule has 3 aromatic rings. The van der Waals surface area contributed by atoms with Crippen molar-refractivity contribution < 1.29 is 18.0 Å². The van der Waals surface area contributed by atoms with Crippen LogP contribution in [-0.2, 0) is 26.2 Å². The second-order valence-electron chi connectivity index (χ2n) is 9.24. The van der Waals surface area contributed by atoms with Crippen LogP contribution in [0.5, 0.6) is 0 Å². The quantitative estimate of drug-likeness (QED) is 0.197. The predicted octanol–water partition coefficient (Wildman–Crippen LogP) is 7.22. The maximum absolute atomic E-state index is 14.1. The Balaban J connectivity index is 2.08. The molecule has 0 aliphatic carbocycles. The normalized spacial score (nSPS) is 12.0. The first-order chi connectivity index (χ1) is 19.5. The van der Waals surface area contributed by atoms with E-state index >= 15 is 0 Å². The molecule has 3 aromatic carbocycles. The van der Waals surface area contributed by atoms with Crippen LogP contribution in [0.15, 0.2) is 71.6 Å². The molecule has 0 aliphatic rings. The molecule has 1 atom stereocenters. The average Bonchev–Trinajstić information content (AvgIpc) is 2.93. The zero-order valence-electron chi connectivity index (χ0n) is 22.6. The number of rotatable bonds is 13. The summed E-state index contributed by atoms with van der Waals surface area (Å²) in [7, 11) is -4.26. The largest absolute Gasteiger partial charge is 0.354 e. The predicted molar refractivity (Wildman–Crippen MR) is 166 cm³/mol. The molecule has 1 unspecified atom stereocenters. The Kier molecular flexibility index (Phi) is 12.2. The third-order valence-electron chi connectivity index (χ3n) is 6.38. The molecule has 0 fully saturated rings. The Morgan fingerprint density at radius 3 is 2.10 bits per heavy atom. The molecule has 3 rings (SSSR count). The third-order valence-corrected chi connectivity index (χ3v) is 9.37. The first kappa shape index (κ1) is 33.0. The first-order valence-corrected chi connectivity index (χ1v) is 16.0. The number of unbranched alkanes of at least 4 members (excludes halogenated alkanes) is 1. The molecule has 0 heterocycles. The van der Waals surface area contributed by atoms with E-state index in [2.05, 4.69) is 5.32 Å². The maximum Gasteiger partial charge on any atom is 0.264 e. The maximum atomic E-state index is 14.1. The standard InChI is InChI=1S/C29H31Cl4N3O4S/c1-3-5-16-34-29(38)27(4-2)35(18-24-25(32)10-7-11-26(24)33)28(37)19-36(22-9-6-8-21(31)17-22)41(39,40)23-14-12-20(30)13-15-23/h6-15,17,27H,3-5,16,18-19H2,1-2H3,(H,34,38). The highest BCUT2D eigenvalue weighted by molar-refractivity contribution is 7.92. The number of nitrogens with zero attached hydrogens (tertiary/aromatic N) is 2. The van der Waals surface area contributed by atoms with Gasteiger partial charge in [-0.1, -0.05) is 78.8 Å². The molecule has 220 valence electrons. The highest BCUT2D eigenvalue weighted by atomic mass is 35.5. The lowest BCUT2D eigenvalue weighted by atomic mass is 10.1. The van der Waals surface area contributed by atoms with E-state index in [-0.39, 0.29) is 34.5 Å². The SMILES string of the molecule is CCCCNC(=O)C(CC)N(Cc1c(Cl)cccc1Cl)C(=O)CN(c1cccc(Cl)c1)S(=O)(=O)c1ccc(Cl)cc1. The van der Waals surface area contributed by atoms with Gasteiger partial charge >= 0.3 is 0 Å². The van der Waals surface area contributed by atoms with Gasteiger partial charge in [-0.3, -0.25) is 13.9 Å². The summed E-state index contributed by atoms with van der Waals surface area (Å²) in [5.74, 6) is -0.983. The summed E-state index contributed by atoms with van der Waals surface area (Å²) in [6, 6.07) is 15.8. The van der Waals surface area contributed by atoms with Gasteiger partial charge in [-0.05, 0) is 67.4 Å². The number of halogens is 4. The minimum atomic E-state index is -4.26. The van der Waals surface area contributed by atoms with Crippen molar-refractivity contribution in [2.24, 2.45) is 0 Å². The van der Waals surface area contributed by atoms with E-state index in [1.165, 1.54) is 41.3 Å². The third kappa shape index (κ3) is 8.52. The van der Waals surface area contributed by atoms with Gasteiger partial charge in [0, 0.05) is 38.7 Å². The summed E-state index contributed by atoms with van der Waals surface area (Å²) in [6.07, 6.45) is 1.92. The molecule has 7 nitrogen and oxygen atoms in total. The highest BCUT2D eigenvalue weighted by Crippen LogP contribution is 2.30. The van der Waals surface area contributed by atoms with Gasteiger partial charge in [-0.2, -0.15) is 0 Å². The van der Waals surface area contributed by atoms with Crippen molar-refractivity contribution in [1.82, 2.24) is 10.2 Å². The molecule has 12 heteroatoms. The number of benzene rings is 3. The molecule has 1 N–H and O–H groups in total. The lowest BCUT2D eigenvalue weighted by Crippen LogP contribution is -2.52. The lowest BCUT2D eigenvalue weighted by Gasteiger charge is -2.33. The molecule has 0 radical (unpaired) electrons. The topological polar surface area (TPSA) is 86.8 Å². The summed E-state index contributed by atoms with van der Waals surface area (Å²) in [4.78, 5) is 28.6. The van der Waals surface area contributed by atoms with Gasteiger partial charge in [0.15, 0.2) is 0 Å². The average molecular weight is 659 g/mol. The van der Waals surface area contributed by atoms with Crippen LogP contribution < -0.4 is 9.62 Å². The molecule has 0 aromatic heterocycles. The molecule has 0 saturated carbocycles. The van der Waals surface area contributed by atoms with Crippen LogP contribution in [0.4, 0.5) is 5.69 Å². The van der Waals surface area contributed by atoms with E-state index in [9.17, 15) is 18.0 Å². The number of hydrogen-bond donors (Lipinski definition) is 1. The smallest absolute Gasteiger partial charge is 0.264 e. The fourth-order valence-electron chi connectivity index (χ4n) is 4.17. The van der Waals surface area contributed by atoms with Crippen molar-refractivity contribution in [3.05, 3.63) is 92.4 Å². The Bertz CT molecular complexity index is 1450. The number of nitrogens with one attached hydrogen (secondary N) is 1. The van der Waals surface area contributed by atoms with Gasteiger partial charge < -0.3 is 10.2 Å². The van der Waals surface area contributed by atoms with E-state index in [4.69, 9.17) is 46.4 Å². The molecule has 0 bridgehead atoms. The Morgan fingerprint density at radius 1 is 0.878 bits per heavy atom. The van der Waals surface area contributed by atoms with Gasteiger partial charge in [-0.15, -0.1) is 0 Å². The molecule has 0 aliphatic heterocycles. The molecule has 0 spiro atoms. The highest BCUT2D eigenvalue weighted by Gasteiger charge is 2.34. The zero-order valence-corrected chi connectivity index (χ0v) is 26.5. The van der Waals surface area contributed by atoms with Crippen molar-refractivity contribution in [2.75, 3.05) is 17.4 Å². The van der Waals surface area contributed by atoms with Crippen molar-refractivity contribution in [3.8, 4) is 0 Å². The van der Waals surface area contributed by atoms with Crippen LogP contribution in [-0.4, -0.2) is 44.3 Å². The number of carbonyl (C=O) groups excluding carboxylic acids is 2. The summed E-state index contributed by atoms with van der Waals surface area (Å²) >= 11 is 25.1. The van der Waals surface area contributed by atoms with E-state index in [0.29, 0.717) is 27.2 Å². The second kappa shape index (κ2) is 15.1. The van der Waals surface area contributed by atoms with Crippen LogP contribution in [0, 0.1) is 0 Å². The molecule has 41 heavy (non-hydrogen) atoms. The Hall–Kier alpha value is -2.49.